The first-order valence-electron chi connectivity index (χ1n) is 8.30. The summed E-state index contributed by atoms with van der Waals surface area (Å²) in [5.41, 5.74) is 8.38. The van der Waals surface area contributed by atoms with Crippen LogP contribution in [0.3, 0.4) is 0 Å². The second-order valence-corrected chi connectivity index (χ2v) is 11.6. The number of hydrogen-bond acceptors (Lipinski definition) is 2. The molecule has 4 saturated carbocycles. The van der Waals surface area contributed by atoms with Crippen molar-refractivity contribution < 1.29 is 0 Å². The van der Waals surface area contributed by atoms with Crippen molar-refractivity contribution in [3.05, 3.63) is 20.8 Å². The number of nitrogens with two attached hydrogens (primary N) is 1. The highest BCUT2D eigenvalue weighted by Crippen LogP contribution is 2.70. The molecule has 1 heterocycles. The molecule has 1 aromatic heterocycles. The maximum absolute atomic E-state index is 6.82. The lowest BCUT2D eigenvalue weighted by atomic mass is 9.39. The fourth-order valence-corrected chi connectivity index (χ4v) is 8.39. The van der Waals surface area contributed by atoms with Crippen LogP contribution in [0, 0.1) is 22.2 Å². The van der Waals surface area contributed by atoms with E-state index in [9.17, 15) is 0 Å². The molecule has 21 heavy (non-hydrogen) atoms. The number of rotatable bonds is 3. The van der Waals surface area contributed by atoms with E-state index in [1.165, 1.54) is 47.2 Å². The molecular formula is C18H26BrNS. The van der Waals surface area contributed by atoms with Crippen molar-refractivity contribution >= 4 is 27.3 Å². The lowest BCUT2D eigenvalue weighted by Gasteiger charge is -2.67. The topological polar surface area (TPSA) is 26.0 Å². The van der Waals surface area contributed by atoms with E-state index in [2.05, 4.69) is 41.9 Å². The molecule has 2 N–H and O–H groups in total. The smallest absolute Gasteiger partial charge is 0.0701 e. The molecule has 3 heteroatoms. The molecule has 5 rings (SSSR count). The van der Waals surface area contributed by atoms with E-state index >= 15 is 0 Å². The van der Waals surface area contributed by atoms with E-state index in [0.717, 1.165) is 12.3 Å². The van der Waals surface area contributed by atoms with Crippen molar-refractivity contribution in [3.8, 4) is 0 Å². The normalized spacial score (nSPS) is 46.0. The quantitative estimate of drug-likeness (QED) is 0.762. The summed E-state index contributed by atoms with van der Waals surface area (Å²) in [6.07, 6.45) is 9.57. The van der Waals surface area contributed by atoms with Crippen LogP contribution in [0.25, 0.3) is 0 Å². The predicted octanol–water partition coefficient (Wildman–Crippen LogP) is 5.38. The van der Waals surface area contributed by atoms with Gasteiger partial charge in [0, 0.05) is 10.9 Å². The molecule has 3 atom stereocenters. The van der Waals surface area contributed by atoms with Crippen LogP contribution in [0.15, 0.2) is 15.9 Å². The average Bonchev–Trinajstić information content (AvgIpc) is 2.69. The summed E-state index contributed by atoms with van der Waals surface area (Å²) in [5.74, 6) is 0.942. The summed E-state index contributed by atoms with van der Waals surface area (Å²) in [5, 5.41) is 0. The molecule has 1 nitrogen and oxygen atoms in total. The first-order valence-corrected chi connectivity index (χ1v) is 9.91. The molecule has 0 aromatic carbocycles. The SMILES string of the molecule is CC12CC3CC(C)(C1)CC(C(N)Cc1ccc(Br)s1)(C3)C2. The van der Waals surface area contributed by atoms with Gasteiger partial charge in [-0.1, -0.05) is 13.8 Å². The maximum atomic E-state index is 6.82. The lowest BCUT2D eigenvalue weighted by Crippen LogP contribution is -2.61. The molecule has 0 saturated heterocycles. The van der Waals surface area contributed by atoms with Crippen LogP contribution in [0.5, 0.6) is 0 Å². The van der Waals surface area contributed by atoms with Crippen LogP contribution >= 0.6 is 27.3 Å². The van der Waals surface area contributed by atoms with Crippen LogP contribution < -0.4 is 5.73 Å². The molecule has 4 fully saturated rings. The fraction of sp³-hybridized carbons (Fsp3) is 0.778. The van der Waals surface area contributed by atoms with E-state index in [1.54, 1.807) is 0 Å². The highest BCUT2D eigenvalue weighted by atomic mass is 79.9. The Morgan fingerprint density at radius 1 is 1.19 bits per heavy atom. The first-order chi connectivity index (χ1) is 9.80. The lowest BCUT2D eigenvalue weighted by molar-refractivity contribution is -0.153. The second-order valence-electron chi connectivity index (χ2n) is 9.01. The highest BCUT2D eigenvalue weighted by Gasteiger charge is 2.61. The molecule has 116 valence electrons. The van der Waals surface area contributed by atoms with Gasteiger partial charge in [0.15, 0.2) is 0 Å². The largest absolute Gasteiger partial charge is 0.327 e. The van der Waals surface area contributed by atoms with E-state index in [1.807, 2.05) is 11.3 Å². The standard InChI is InChI=1S/C18H26BrNS/c1-16-6-12-7-17(2,9-16)11-18(8-12,10-16)14(20)5-13-3-4-15(19)21-13/h3-4,12,14H,5-11,20H2,1-2H3. The Balaban J connectivity index is 1.61. The third kappa shape index (κ3) is 2.44. The molecule has 0 spiro atoms. The molecule has 0 aliphatic heterocycles. The molecule has 4 aliphatic rings. The van der Waals surface area contributed by atoms with E-state index in [4.69, 9.17) is 5.73 Å². The van der Waals surface area contributed by atoms with Gasteiger partial charge in [-0.15, -0.1) is 11.3 Å². The van der Waals surface area contributed by atoms with Gasteiger partial charge in [0.2, 0.25) is 0 Å². The van der Waals surface area contributed by atoms with Gasteiger partial charge in [0.25, 0.3) is 0 Å². The van der Waals surface area contributed by atoms with Gasteiger partial charge in [-0.2, -0.15) is 0 Å². The zero-order valence-electron chi connectivity index (χ0n) is 13.1. The average molecular weight is 368 g/mol. The van der Waals surface area contributed by atoms with Crippen molar-refractivity contribution in [3.63, 3.8) is 0 Å². The van der Waals surface area contributed by atoms with Crippen LogP contribution in [-0.4, -0.2) is 6.04 Å². The molecule has 4 bridgehead atoms. The van der Waals surface area contributed by atoms with Gasteiger partial charge in [0.1, 0.15) is 0 Å². The summed E-state index contributed by atoms with van der Waals surface area (Å²) in [4.78, 5) is 1.44. The van der Waals surface area contributed by atoms with Gasteiger partial charge >= 0.3 is 0 Å². The second kappa shape index (κ2) is 4.58. The van der Waals surface area contributed by atoms with Crippen LogP contribution in [0.1, 0.15) is 57.2 Å². The van der Waals surface area contributed by atoms with Gasteiger partial charge in [-0.3, -0.25) is 0 Å². The minimum absolute atomic E-state index is 0.338. The zero-order chi connectivity index (χ0) is 14.9. The zero-order valence-corrected chi connectivity index (χ0v) is 15.5. The van der Waals surface area contributed by atoms with Crippen molar-refractivity contribution in [2.75, 3.05) is 0 Å². The van der Waals surface area contributed by atoms with Crippen molar-refractivity contribution in [2.24, 2.45) is 27.9 Å². The van der Waals surface area contributed by atoms with Gasteiger partial charge < -0.3 is 5.73 Å². The Morgan fingerprint density at radius 2 is 1.86 bits per heavy atom. The Kier molecular flexibility index (Phi) is 3.21. The first kappa shape index (κ1) is 14.7. The summed E-state index contributed by atoms with van der Waals surface area (Å²) in [6.45, 7) is 5.08. The minimum Gasteiger partial charge on any atom is -0.327 e. The Bertz CT molecular complexity index is 547. The summed E-state index contributed by atoms with van der Waals surface area (Å²) in [7, 11) is 0. The molecule has 4 aliphatic carbocycles. The predicted molar refractivity (Wildman–Crippen MR) is 93.5 cm³/mol. The monoisotopic (exact) mass is 367 g/mol. The van der Waals surface area contributed by atoms with Crippen molar-refractivity contribution in [2.45, 2.75) is 64.8 Å². The van der Waals surface area contributed by atoms with Gasteiger partial charge in [0.05, 0.1) is 3.79 Å². The molecular weight excluding hydrogens is 342 g/mol. The third-order valence-electron chi connectivity index (χ3n) is 6.51. The molecule has 0 amide bonds. The number of hydrogen-bond donors (Lipinski definition) is 1. The molecule has 1 aromatic rings. The van der Waals surface area contributed by atoms with Crippen molar-refractivity contribution in [1.82, 2.24) is 0 Å². The van der Waals surface area contributed by atoms with E-state index in [0.29, 0.717) is 22.3 Å². The molecule has 0 radical (unpaired) electrons. The van der Waals surface area contributed by atoms with Crippen LogP contribution in [0.2, 0.25) is 0 Å². The summed E-state index contributed by atoms with van der Waals surface area (Å²) >= 11 is 5.44. The Labute approximate surface area is 140 Å². The highest BCUT2D eigenvalue weighted by molar-refractivity contribution is 9.11. The van der Waals surface area contributed by atoms with Gasteiger partial charge in [-0.25, -0.2) is 0 Å². The summed E-state index contributed by atoms with van der Waals surface area (Å²) < 4.78 is 1.23. The van der Waals surface area contributed by atoms with Crippen LogP contribution in [0.4, 0.5) is 0 Å². The van der Waals surface area contributed by atoms with Crippen LogP contribution in [-0.2, 0) is 6.42 Å². The molecule has 3 unspecified atom stereocenters. The van der Waals surface area contributed by atoms with Gasteiger partial charge in [-0.05, 0) is 95.2 Å². The summed E-state index contributed by atoms with van der Waals surface area (Å²) in [6, 6.07) is 4.75. The number of halogens is 1. The number of thiophene rings is 1. The third-order valence-corrected chi connectivity index (χ3v) is 8.15. The Hall–Kier alpha value is 0.140. The van der Waals surface area contributed by atoms with E-state index in [-0.39, 0.29) is 0 Å². The Morgan fingerprint density at radius 3 is 2.38 bits per heavy atom. The maximum Gasteiger partial charge on any atom is 0.0701 e. The van der Waals surface area contributed by atoms with Crippen molar-refractivity contribution in [1.29, 1.82) is 0 Å². The fourth-order valence-electron chi connectivity index (χ4n) is 6.84. The minimum atomic E-state index is 0.338. The van der Waals surface area contributed by atoms with E-state index < -0.39 is 0 Å².